The Hall–Kier alpha value is -2.20. The summed E-state index contributed by atoms with van der Waals surface area (Å²) < 4.78 is 0. The van der Waals surface area contributed by atoms with Crippen LogP contribution in [0.1, 0.15) is 15.9 Å². The van der Waals surface area contributed by atoms with Crippen molar-refractivity contribution in [3.05, 3.63) is 52.5 Å². The minimum atomic E-state index is -0.320. The molecule has 1 amide bonds. The molecule has 19 heavy (non-hydrogen) atoms. The number of rotatable bonds is 2. The van der Waals surface area contributed by atoms with Gasteiger partial charge in [-0.2, -0.15) is 0 Å². The third-order valence-corrected chi connectivity index (χ3v) is 2.98. The van der Waals surface area contributed by atoms with Gasteiger partial charge in [0.05, 0.1) is 5.02 Å². The maximum absolute atomic E-state index is 12.0. The van der Waals surface area contributed by atoms with Crippen molar-refractivity contribution >= 4 is 23.2 Å². The van der Waals surface area contributed by atoms with Crippen LogP contribution in [0.2, 0.25) is 5.02 Å². The van der Waals surface area contributed by atoms with Gasteiger partial charge in [0.15, 0.2) is 0 Å². The lowest BCUT2D eigenvalue weighted by Gasteiger charge is -2.08. The molecule has 0 saturated heterocycles. The molecule has 4 nitrogen and oxygen atoms in total. The van der Waals surface area contributed by atoms with Crippen molar-refractivity contribution < 1.29 is 15.0 Å². The second kappa shape index (κ2) is 5.20. The summed E-state index contributed by atoms with van der Waals surface area (Å²) in [5.74, 6) is -0.306. The van der Waals surface area contributed by atoms with E-state index in [0.717, 1.165) is 0 Å². The molecule has 2 aromatic carbocycles. The lowest BCUT2D eigenvalue weighted by Crippen LogP contribution is -2.13. The number of amides is 1. The van der Waals surface area contributed by atoms with E-state index in [1.54, 1.807) is 13.0 Å². The molecule has 0 aliphatic heterocycles. The van der Waals surface area contributed by atoms with Gasteiger partial charge in [0.2, 0.25) is 0 Å². The number of phenolic OH excluding ortho intramolecular Hbond substituents is 2. The number of halogens is 1. The van der Waals surface area contributed by atoms with Crippen LogP contribution >= 0.6 is 11.6 Å². The van der Waals surface area contributed by atoms with E-state index in [1.807, 2.05) is 0 Å². The van der Waals surface area contributed by atoms with Crippen molar-refractivity contribution in [2.45, 2.75) is 6.92 Å². The van der Waals surface area contributed by atoms with Gasteiger partial charge in [-0.05, 0) is 42.8 Å². The van der Waals surface area contributed by atoms with Gasteiger partial charge in [0, 0.05) is 17.3 Å². The fraction of sp³-hybridized carbons (Fsp3) is 0.0714. The highest BCUT2D eigenvalue weighted by molar-refractivity contribution is 6.32. The molecule has 0 fully saturated rings. The number of benzene rings is 2. The summed E-state index contributed by atoms with van der Waals surface area (Å²) in [5, 5.41) is 21.6. The molecule has 0 unspecified atom stereocenters. The van der Waals surface area contributed by atoms with Gasteiger partial charge in [-0.1, -0.05) is 11.6 Å². The van der Waals surface area contributed by atoms with Crippen molar-refractivity contribution in [2.24, 2.45) is 0 Å². The van der Waals surface area contributed by atoms with Gasteiger partial charge in [0.1, 0.15) is 11.5 Å². The maximum atomic E-state index is 12.0. The standard InChI is InChI=1S/C14H12ClNO3/c1-8-6-10(17)3-4-11(8)14(19)16-9-2-5-12(15)13(18)7-9/h2-7,17-18H,1H3,(H,16,19). The van der Waals surface area contributed by atoms with Crippen molar-refractivity contribution in [3.63, 3.8) is 0 Å². The summed E-state index contributed by atoms with van der Waals surface area (Å²) in [5.41, 5.74) is 1.56. The summed E-state index contributed by atoms with van der Waals surface area (Å²) in [6, 6.07) is 8.95. The van der Waals surface area contributed by atoms with E-state index in [1.165, 1.54) is 30.3 Å². The van der Waals surface area contributed by atoms with Gasteiger partial charge in [0.25, 0.3) is 5.91 Å². The number of nitrogens with one attached hydrogen (secondary N) is 1. The van der Waals surface area contributed by atoms with Gasteiger partial charge in [-0.15, -0.1) is 0 Å². The van der Waals surface area contributed by atoms with E-state index in [-0.39, 0.29) is 22.4 Å². The number of aryl methyl sites for hydroxylation is 1. The number of hydrogen-bond acceptors (Lipinski definition) is 3. The molecular weight excluding hydrogens is 266 g/mol. The molecule has 2 aromatic rings. The molecule has 3 N–H and O–H groups in total. The zero-order valence-corrected chi connectivity index (χ0v) is 10.9. The van der Waals surface area contributed by atoms with Gasteiger partial charge in [-0.25, -0.2) is 0 Å². The van der Waals surface area contributed by atoms with Crippen LogP contribution in [0.15, 0.2) is 36.4 Å². The fourth-order valence-corrected chi connectivity index (χ4v) is 1.81. The lowest BCUT2D eigenvalue weighted by atomic mass is 10.1. The molecule has 0 atom stereocenters. The molecule has 98 valence electrons. The quantitative estimate of drug-likeness (QED) is 0.789. The van der Waals surface area contributed by atoms with E-state index in [2.05, 4.69) is 5.32 Å². The second-order valence-electron chi connectivity index (χ2n) is 4.12. The van der Waals surface area contributed by atoms with Crippen molar-refractivity contribution in [1.82, 2.24) is 0 Å². The highest BCUT2D eigenvalue weighted by atomic mass is 35.5. The zero-order chi connectivity index (χ0) is 14.0. The topological polar surface area (TPSA) is 69.6 Å². The Morgan fingerprint density at radius 2 is 1.89 bits per heavy atom. The molecule has 0 aliphatic rings. The number of anilines is 1. The van der Waals surface area contributed by atoms with E-state index in [9.17, 15) is 15.0 Å². The molecule has 5 heteroatoms. The van der Waals surface area contributed by atoms with Crippen LogP contribution in [0, 0.1) is 6.92 Å². The first-order valence-corrected chi connectivity index (χ1v) is 5.94. The summed E-state index contributed by atoms with van der Waals surface area (Å²) in [6.07, 6.45) is 0. The minimum absolute atomic E-state index is 0.0955. The van der Waals surface area contributed by atoms with Crippen LogP contribution in [0.3, 0.4) is 0 Å². The van der Waals surface area contributed by atoms with Crippen molar-refractivity contribution in [1.29, 1.82) is 0 Å². The minimum Gasteiger partial charge on any atom is -0.508 e. The number of hydrogen-bond donors (Lipinski definition) is 3. The molecule has 0 aliphatic carbocycles. The lowest BCUT2D eigenvalue weighted by molar-refractivity contribution is 0.102. The highest BCUT2D eigenvalue weighted by Crippen LogP contribution is 2.26. The first kappa shape index (κ1) is 13.2. The predicted octanol–water partition coefficient (Wildman–Crippen LogP) is 3.31. The third kappa shape index (κ3) is 2.98. The summed E-state index contributed by atoms with van der Waals surface area (Å²) in [4.78, 5) is 12.0. The first-order chi connectivity index (χ1) is 8.97. The zero-order valence-electron chi connectivity index (χ0n) is 10.1. The molecule has 0 radical (unpaired) electrons. The van der Waals surface area contributed by atoms with Crippen LogP contribution in [0.4, 0.5) is 5.69 Å². The Kier molecular flexibility index (Phi) is 3.62. The van der Waals surface area contributed by atoms with E-state index < -0.39 is 0 Å². The molecule has 2 rings (SSSR count). The van der Waals surface area contributed by atoms with Crippen molar-refractivity contribution in [2.75, 3.05) is 5.32 Å². The van der Waals surface area contributed by atoms with Crippen LogP contribution in [-0.2, 0) is 0 Å². The predicted molar refractivity (Wildman–Crippen MR) is 73.9 cm³/mol. The Morgan fingerprint density at radius 1 is 1.16 bits per heavy atom. The first-order valence-electron chi connectivity index (χ1n) is 5.57. The van der Waals surface area contributed by atoms with Crippen LogP contribution < -0.4 is 5.32 Å². The Balaban J connectivity index is 2.23. The number of aromatic hydroxyl groups is 2. The van der Waals surface area contributed by atoms with Crippen molar-refractivity contribution in [3.8, 4) is 11.5 Å². The van der Waals surface area contributed by atoms with Gasteiger partial charge >= 0.3 is 0 Å². The molecule has 0 saturated carbocycles. The maximum Gasteiger partial charge on any atom is 0.255 e. The molecule has 0 heterocycles. The van der Waals surface area contributed by atoms with E-state index >= 15 is 0 Å². The van der Waals surface area contributed by atoms with Crippen LogP contribution in [0.5, 0.6) is 11.5 Å². The SMILES string of the molecule is Cc1cc(O)ccc1C(=O)Nc1ccc(Cl)c(O)c1. The third-order valence-electron chi connectivity index (χ3n) is 2.66. The second-order valence-corrected chi connectivity index (χ2v) is 4.53. The molecule has 0 bridgehead atoms. The average molecular weight is 278 g/mol. The Morgan fingerprint density at radius 3 is 2.53 bits per heavy atom. The number of carbonyl (C=O) groups excluding carboxylic acids is 1. The van der Waals surface area contributed by atoms with Gasteiger partial charge in [-0.3, -0.25) is 4.79 Å². The van der Waals surface area contributed by atoms with E-state index in [4.69, 9.17) is 11.6 Å². The fourth-order valence-electron chi connectivity index (χ4n) is 1.69. The van der Waals surface area contributed by atoms with Gasteiger partial charge < -0.3 is 15.5 Å². The van der Waals surface area contributed by atoms with Crippen LogP contribution in [0.25, 0.3) is 0 Å². The normalized spacial score (nSPS) is 10.2. The average Bonchev–Trinajstić information content (AvgIpc) is 2.33. The smallest absolute Gasteiger partial charge is 0.255 e. The Labute approximate surface area is 115 Å². The molecular formula is C14H12ClNO3. The number of carbonyl (C=O) groups is 1. The highest BCUT2D eigenvalue weighted by Gasteiger charge is 2.10. The molecule has 0 spiro atoms. The Bertz CT molecular complexity index is 641. The number of phenols is 2. The largest absolute Gasteiger partial charge is 0.508 e. The monoisotopic (exact) mass is 277 g/mol. The van der Waals surface area contributed by atoms with E-state index in [0.29, 0.717) is 16.8 Å². The summed E-state index contributed by atoms with van der Waals surface area (Å²) in [7, 11) is 0. The summed E-state index contributed by atoms with van der Waals surface area (Å²) in [6.45, 7) is 1.73. The van der Waals surface area contributed by atoms with Crippen LogP contribution in [-0.4, -0.2) is 16.1 Å². The molecule has 0 aromatic heterocycles. The summed E-state index contributed by atoms with van der Waals surface area (Å²) >= 11 is 5.69.